The van der Waals surface area contributed by atoms with Crippen molar-refractivity contribution in [2.45, 2.75) is 84.8 Å². The van der Waals surface area contributed by atoms with Gasteiger partial charge in [-0.15, -0.1) is 0 Å². The number of carbonyl (C=O) groups excluding carboxylic acids is 2. The predicted molar refractivity (Wildman–Crippen MR) is 172 cm³/mol. The van der Waals surface area contributed by atoms with Crippen LogP contribution in [-0.2, 0) is 20.8 Å². The molecule has 0 unspecified atom stereocenters. The topological polar surface area (TPSA) is 90.3 Å². The Balaban J connectivity index is 1.14. The quantitative estimate of drug-likeness (QED) is 0.243. The van der Waals surface area contributed by atoms with E-state index in [1.807, 2.05) is 32.0 Å². The molecule has 4 aliphatic rings. The maximum Gasteiger partial charge on any atom is 0.455 e. The first-order valence-corrected chi connectivity index (χ1v) is 16.2. The van der Waals surface area contributed by atoms with E-state index in [1.54, 1.807) is 4.90 Å². The number of rotatable bonds is 7. The Morgan fingerprint density at radius 3 is 2.39 bits per heavy atom. The van der Waals surface area contributed by atoms with Gasteiger partial charge in [-0.1, -0.05) is 47.6 Å². The minimum absolute atomic E-state index is 0.0179. The molecule has 3 aliphatic heterocycles. The number of aromatic hydroxyl groups is 1. The first-order valence-electron chi connectivity index (χ1n) is 16.2. The van der Waals surface area contributed by atoms with E-state index in [2.05, 4.69) is 49.1 Å². The molecule has 0 radical (unpaired) electrons. The molecule has 6 rings (SSSR count). The van der Waals surface area contributed by atoms with Crippen molar-refractivity contribution < 1.29 is 24.4 Å². The van der Waals surface area contributed by atoms with Crippen LogP contribution in [0, 0.1) is 31.6 Å². The number of imide groups is 1. The highest BCUT2D eigenvalue weighted by atomic mass is 16.5. The number of amides is 2. The van der Waals surface area contributed by atoms with Crippen LogP contribution in [0.3, 0.4) is 0 Å². The molecule has 0 bridgehead atoms. The standard InChI is InChI=1S/C36H45BN2O5/c1-22(16-27-17-24(3)34(40)25(4)18-27)10-11-31-32-23(2)19-29-33(30(32)20-37(43)44-31)36(42)39(35(29)41)28-12-14-38(15-13-28)21-26-8-6-5-7-9-26/h5-9,16-18,28-31,33,40,43H,10-15,19-21H2,1-4H3/b22-16+/t29-,30+,31-,33-/m1/s1. The van der Waals surface area contributed by atoms with Crippen LogP contribution in [0.25, 0.3) is 6.08 Å². The third kappa shape index (κ3) is 6.04. The largest absolute Gasteiger partial charge is 0.507 e. The van der Waals surface area contributed by atoms with Crippen LogP contribution in [0.1, 0.15) is 68.2 Å². The molecule has 3 saturated heterocycles. The predicted octanol–water partition coefficient (Wildman–Crippen LogP) is 5.67. The number of hydrogen-bond donors (Lipinski definition) is 2. The second kappa shape index (κ2) is 12.7. The summed E-state index contributed by atoms with van der Waals surface area (Å²) in [4.78, 5) is 31.9. The van der Waals surface area contributed by atoms with E-state index in [0.29, 0.717) is 24.9 Å². The van der Waals surface area contributed by atoms with Gasteiger partial charge in [-0.3, -0.25) is 19.4 Å². The van der Waals surface area contributed by atoms with E-state index in [9.17, 15) is 19.7 Å². The molecule has 0 spiro atoms. The summed E-state index contributed by atoms with van der Waals surface area (Å²) in [5.74, 6) is -0.653. The summed E-state index contributed by atoms with van der Waals surface area (Å²) in [6.45, 7) is 10.6. The van der Waals surface area contributed by atoms with Crippen molar-refractivity contribution in [2.75, 3.05) is 13.1 Å². The zero-order chi connectivity index (χ0) is 31.1. The normalized spacial score (nSPS) is 26.8. The molecule has 4 atom stereocenters. The molecular formula is C36H45BN2O5. The number of allylic oxidation sites excluding steroid dienone is 2. The Morgan fingerprint density at radius 2 is 1.70 bits per heavy atom. The Bertz CT molecular complexity index is 1460. The average molecular weight is 597 g/mol. The summed E-state index contributed by atoms with van der Waals surface area (Å²) in [6, 6.07) is 14.3. The monoisotopic (exact) mass is 596 g/mol. The molecular weight excluding hydrogens is 551 g/mol. The van der Waals surface area contributed by atoms with E-state index >= 15 is 0 Å². The Hall–Kier alpha value is -3.20. The highest BCUT2D eigenvalue weighted by molar-refractivity contribution is 6.43. The molecule has 2 aromatic carbocycles. The van der Waals surface area contributed by atoms with Gasteiger partial charge in [0.25, 0.3) is 0 Å². The Labute approximate surface area is 261 Å². The highest BCUT2D eigenvalue weighted by Gasteiger charge is 2.58. The molecule has 0 saturated carbocycles. The molecule has 232 valence electrons. The zero-order valence-electron chi connectivity index (χ0n) is 26.5. The lowest BCUT2D eigenvalue weighted by Crippen LogP contribution is -2.48. The van der Waals surface area contributed by atoms with Crippen molar-refractivity contribution in [3.05, 3.63) is 81.4 Å². The molecule has 3 heterocycles. The van der Waals surface area contributed by atoms with Crippen molar-refractivity contribution in [1.29, 1.82) is 0 Å². The number of phenolic OH excluding ortho intramolecular Hbond substituents is 1. The van der Waals surface area contributed by atoms with Crippen LogP contribution in [0.15, 0.2) is 59.2 Å². The number of carbonyl (C=O) groups is 2. The molecule has 2 amide bonds. The van der Waals surface area contributed by atoms with Crippen molar-refractivity contribution in [3.8, 4) is 5.75 Å². The van der Waals surface area contributed by atoms with Gasteiger partial charge in [0.15, 0.2) is 0 Å². The lowest BCUT2D eigenvalue weighted by Gasteiger charge is -2.42. The number of piperidine rings is 1. The van der Waals surface area contributed by atoms with Gasteiger partial charge in [-0.25, -0.2) is 0 Å². The summed E-state index contributed by atoms with van der Waals surface area (Å²) in [6.07, 6.45) is 5.86. The third-order valence-corrected chi connectivity index (χ3v) is 10.4. The second-order valence-electron chi connectivity index (χ2n) is 13.6. The van der Waals surface area contributed by atoms with Gasteiger partial charge in [-0.2, -0.15) is 0 Å². The number of benzene rings is 2. The molecule has 3 fully saturated rings. The third-order valence-electron chi connectivity index (χ3n) is 10.4. The molecule has 7 nitrogen and oxygen atoms in total. The van der Waals surface area contributed by atoms with E-state index in [-0.39, 0.29) is 35.8 Å². The first-order chi connectivity index (χ1) is 21.1. The second-order valence-corrected chi connectivity index (χ2v) is 13.6. The summed E-state index contributed by atoms with van der Waals surface area (Å²) >= 11 is 0. The van der Waals surface area contributed by atoms with Crippen LogP contribution < -0.4 is 0 Å². The van der Waals surface area contributed by atoms with E-state index in [4.69, 9.17) is 4.65 Å². The van der Waals surface area contributed by atoms with Crippen molar-refractivity contribution in [3.63, 3.8) is 0 Å². The van der Waals surface area contributed by atoms with Crippen molar-refractivity contribution in [2.24, 2.45) is 17.8 Å². The van der Waals surface area contributed by atoms with E-state index in [0.717, 1.165) is 66.7 Å². The average Bonchev–Trinajstić information content (AvgIpc) is 3.24. The molecule has 44 heavy (non-hydrogen) atoms. The van der Waals surface area contributed by atoms with Crippen LogP contribution >= 0.6 is 0 Å². The van der Waals surface area contributed by atoms with Crippen LogP contribution in [-0.4, -0.2) is 64.1 Å². The van der Waals surface area contributed by atoms with Crippen molar-refractivity contribution in [1.82, 2.24) is 9.80 Å². The smallest absolute Gasteiger partial charge is 0.455 e. The summed E-state index contributed by atoms with van der Waals surface area (Å²) in [7, 11) is -0.954. The maximum absolute atomic E-state index is 14.1. The van der Waals surface area contributed by atoms with E-state index in [1.165, 1.54) is 11.1 Å². The van der Waals surface area contributed by atoms with Gasteiger partial charge in [0.1, 0.15) is 5.75 Å². The summed E-state index contributed by atoms with van der Waals surface area (Å²) < 4.78 is 6.12. The Morgan fingerprint density at radius 1 is 1.02 bits per heavy atom. The fraction of sp³-hybridized carbons (Fsp3) is 0.500. The number of aryl methyl sites for hydroxylation is 2. The number of likely N-dealkylation sites (tertiary alicyclic amines) is 2. The van der Waals surface area contributed by atoms with Gasteiger partial charge in [-0.05, 0) is 112 Å². The van der Waals surface area contributed by atoms with Gasteiger partial charge < -0.3 is 14.8 Å². The summed E-state index contributed by atoms with van der Waals surface area (Å²) in [5, 5.41) is 21.0. The lowest BCUT2D eigenvalue weighted by molar-refractivity contribution is -0.144. The number of nitrogens with zero attached hydrogens (tertiary/aromatic N) is 2. The lowest BCUT2D eigenvalue weighted by atomic mass is 9.59. The van der Waals surface area contributed by atoms with Crippen LogP contribution in [0.4, 0.5) is 0 Å². The van der Waals surface area contributed by atoms with E-state index < -0.39 is 13.0 Å². The molecule has 2 aromatic rings. The van der Waals surface area contributed by atoms with Crippen LogP contribution in [0.2, 0.25) is 6.32 Å². The number of fused-ring (bicyclic) bond motifs is 3. The van der Waals surface area contributed by atoms with Gasteiger partial charge >= 0.3 is 7.12 Å². The summed E-state index contributed by atoms with van der Waals surface area (Å²) in [5.41, 5.74) is 7.48. The maximum atomic E-state index is 14.1. The fourth-order valence-electron chi connectivity index (χ4n) is 8.27. The minimum atomic E-state index is -0.954. The Kier molecular flexibility index (Phi) is 8.87. The number of phenols is 1. The minimum Gasteiger partial charge on any atom is -0.507 e. The van der Waals surface area contributed by atoms with Gasteiger partial charge in [0, 0.05) is 25.7 Å². The molecule has 2 N–H and O–H groups in total. The SMILES string of the molecule is CC1=C2[C@@H](CC/C(C)=C/c3cc(C)c(O)c(C)c3)OB(O)C[C@@H]2[C@@H]2C(=O)N(C3CCN(Cc4ccccc4)CC3)C(=O)[C@@H]2C1. The molecule has 1 aliphatic carbocycles. The first kappa shape index (κ1) is 30.8. The van der Waals surface area contributed by atoms with Gasteiger partial charge in [0.2, 0.25) is 11.8 Å². The van der Waals surface area contributed by atoms with Crippen LogP contribution in [0.5, 0.6) is 5.75 Å². The van der Waals surface area contributed by atoms with Gasteiger partial charge in [0.05, 0.1) is 17.9 Å². The zero-order valence-corrected chi connectivity index (χ0v) is 26.5. The van der Waals surface area contributed by atoms with Crippen molar-refractivity contribution >= 4 is 25.0 Å². The number of hydrogen-bond acceptors (Lipinski definition) is 6. The molecule has 8 heteroatoms. The highest BCUT2D eigenvalue weighted by Crippen LogP contribution is 2.51. The molecule has 0 aromatic heterocycles. The fourth-order valence-corrected chi connectivity index (χ4v) is 8.27.